The Morgan fingerprint density at radius 3 is 2.22 bits per heavy atom. The van der Waals surface area contributed by atoms with Gasteiger partial charge in [-0.15, -0.1) is 24.0 Å². The van der Waals surface area contributed by atoms with Crippen molar-refractivity contribution in [2.45, 2.75) is 45.7 Å². The Morgan fingerprint density at radius 2 is 1.66 bits per heavy atom. The van der Waals surface area contributed by atoms with E-state index in [0.29, 0.717) is 12.5 Å². The molecular formula is C24H36IN5O2. The molecule has 0 aliphatic rings. The molecule has 32 heavy (non-hydrogen) atoms. The smallest absolute Gasteiger partial charge is 0.319 e. The molecule has 2 aromatic rings. The maximum atomic E-state index is 11.8. The molecule has 2 aromatic carbocycles. The Kier molecular flexibility index (Phi) is 12.5. The first-order chi connectivity index (χ1) is 14.9. The standard InChI is InChI=1S/C24H35N5O2.HI/c1-17(2)28-24(30)29-21-10-6-19(7-11-21)16-27-23(25-4)26-15-14-18(3)20-8-12-22(31-5)13-9-20;/h6-13,17-18H,14-16H2,1-5H3,(H2,25,26,27)(H2,28,29,30);1H. The number of guanidine groups is 1. The maximum absolute atomic E-state index is 11.8. The van der Waals surface area contributed by atoms with E-state index in [9.17, 15) is 4.79 Å². The molecule has 2 amide bonds. The van der Waals surface area contributed by atoms with Crippen molar-refractivity contribution in [2.75, 3.05) is 26.0 Å². The van der Waals surface area contributed by atoms with Crippen LogP contribution in [0.4, 0.5) is 10.5 Å². The molecule has 2 rings (SSSR count). The molecule has 0 fully saturated rings. The topological polar surface area (TPSA) is 86.8 Å². The van der Waals surface area contributed by atoms with Crippen LogP contribution in [0.25, 0.3) is 0 Å². The van der Waals surface area contributed by atoms with Gasteiger partial charge in [0.15, 0.2) is 5.96 Å². The van der Waals surface area contributed by atoms with E-state index in [4.69, 9.17) is 4.74 Å². The van der Waals surface area contributed by atoms with Gasteiger partial charge in [-0.25, -0.2) is 4.79 Å². The number of hydrogen-bond donors (Lipinski definition) is 4. The first kappa shape index (κ1) is 27.5. The van der Waals surface area contributed by atoms with E-state index < -0.39 is 0 Å². The summed E-state index contributed by atoms with van der Waals surface area (Å²) in [6.07, 6.45) is 0.992. The molecule has 0 bridgehead atoms. The molecule has 8 heteroatoms. The summed E-state index contributed by atoms with van der Waals surface area (Å²) >= 11 is 0. The summed E-state index contributed by atoms with van der Waals surface area (Å²) in [6.45, 7) is 7.54. The van der Waals surface area contributed by atoms with Crippen LogP contribution in [0.3, 0.4) is 0 Å². The number of anilines is 1. The second-order valence-corrected chi connectivity index (χ2v) is 7.77. The largest absolute Gasteiger partial charge is 0.497 e. The molecule has 1 unspecified atom stereocenters. The number of nitrogens with zero attached hydrogens (tertiary/aromatic N) is 1. The SMILES string of the molecule is CN=C(NCCC(C)c1ccc(OC)cc1)NCc1ccc(NC(=O)NC(C)C)cc1.I. The van der Waals surface area contributed by atoms with E-state index in [1.807, 2.05) is 50.2 Å². The molecule has 0 aliphatic carbocycles. The van der Waals surface area contributed by atoms with Crippen LogP contribution >= 0.6 is 24.0 Å². The van der Waals surface area contributed by atoms with Gasteiger partial charge in [-0.1, -0.05) is 31.2 Å². The predicted molar refractivity (Wildman–Crippen MR) is 143 cm³/mol. The fourth-order valence-electron chi connectivity index (χ4n) is 3.05. The van der Waals surface area contributed by atoms with Gasteiger partial charge >= 0.3 is 6.03 Å². The monoisotopic (exact) mass is 553 g/mol. The van der Waals surface area contributed by atoms with Crippen molar-refractivity contribution in [3.63, 3.8) is 0 Å². The third kappa shape index (κ3) is 9.76. The van der Waals surface area contributed by atoms with E-state index >= 15 is 0 Å². The van der Waals surface area contributed by atoms with Crippen molar-refractivity contribution in [1.82, 2.24) is 16.0 Å². The highest BCUT2D eigenvalue weighted by molar-refractivity contribution is 14.0. The summed E-state index contributed by atoms with van der Waals surface area (Å²) in [5, 5.41) is 12.3. The number of carbonyl (C=O) groups excluding carboxylic acids is 1. The van der Waals surface area contributed by atoms with Gasteiger partial charge in [-0.05, 0) is 61.6 Å². The lowest BCUT2D eigenvalue weighted by molar-refractivity contribution is 0.250. The highest BCUT2D eigenvalue weighted by Crippen LogP contribution is 2.21. The number of ether oxygens (including phenoxy) is 1. The second kappa shape index (κ2) is 14.5. The first-order valence-corrected chi connectivity index (χ1v) is 10.7. The van der Waals surface area contributed by atoms with E-state index in [2.05, 4.69) is 45.3 Å². The molecule has 0 saturated carbocycles. The van der Waals surface area contributed by atoms with Crippen molar-refractivity contribution in [3.05, 3.63) is 59.7 Å². The minimum absolute atomic E-state index is 0. The van der Waals surface area contributed by atoms with Crippen molar-refractivity contribution in [2.24, 2.45) is 4.99 Å². The summed E-state index contributed by atoms with van der Waals surface area (Å²) in [4.78, 5) is 16.1. The van der Waals surface area contributed by atoms with E-state index in [1.165, 1.54) is 5.56 Å². The van der Waals surface area contributed by atoms with Crippen molar-refractivity contribution in [1.29, 1.82) is 0 Å². The molecule has 0 aromatic heterocycles. The molecular weight excluding hydrogens is 517 g/mol. The van der Waals surface area contributed by atoms with Crippen LogP contribution in [0.2, 0.25) is 0 Å². The number of benzene rings is 2. The Balaban J connectivity index is 0.00000512. The number of methoxy groups -OCH3 is 1. The second-order valence-electron chi connectivity index (χ2n) is 7.77. The Morgan fingerprint density at radius 1 is 1.00 bits per heavy atom. The lowest BCUT2D eigenvalue weighted by Crippen LogP contribution is -2.37. The number of hydrogen-bond acceptors (Lipinski definition) is 3. The normalized spacial score (nSPS) is 11.9. The van der Waals surface area contributed by atoms with Gasteiger partial charge in [0.25, 0.3) is 0 Å². The van der Waals surface area contributed by atoms with E-state index in [-0.39, 0.29) is 36.0 Å². The van der Waals surface area contributed by atoms with Crippen LogP contribution in [-0.4, -0.2) is 38.7 Å². The molecule has 176 valence electrons. The van der Waals surface area contributed by atoms with Crippen LogP contribution in [0.1, 0.15) is 44.2 Å². The van der Waals surface area contributed by atoms with Gasteiger partial charge in [0.2, 0.25) is 0 Å². The zero-order valence-corrected chi connectivity index (χ0v) is 21.9. The average molecular weight is 553 g/mol. The molecule has 4 N–H and O–H groups in total. The van der Waals surface area contributed by atoms with Crippen LogP contribution in [0, 0.1) is 0 Å². The molecule has 1 atom stereocenters. The minimum atomic E-state index is -0.200. The number of aliphatic imine (C=N–C) groups is 1. The van der Waals surface area contributed by atoms with E-state index in [1.54, 1.807) is 14.2 Å². The van der Waals surface area contributed by atoms with Crippen LogP contribution in [0.15, 0.2) is 53.5 Å². The number of rotatable bonds is 9. The zero-order chi connectivity index (χ0) is 22.6. The fourth-order valence-corrected chi connectivity index (χ4v) is 3.05. The van der Waals surface area contributed by atoms with Gasteiger partial charge in [0.1, 0.15) is 5.75 Å². The summed E-state index contributed by atoms with van der Waals surface area (Å²) in [7, 11) is 3.45. The molecule has 0 saturated heterocycles. The first-order valence-electron chi connectivity index (χ1n) is 10.7. The number of amides is 2. The average Bonchev–Trinajstić information content (AvgIpc) is 2.76. The van der Waals surface area contributed by atoms with Crippen LogP contribution in [-0.2, 0) is 6.54 Å². The summed E-state index contributed by atoms with van der Waals surface area (Å²) in [6, 6.07) is 15.9. The quantitative estimate of drug-likeness (QED) is 0.206. The Hall–Kier alpha value is -2.49. The van der Waals surface area contributed by atoms with Crippen molar-refractivity contribution >= 4 is 41.7 Å². The molecule has 0 radical (unpaired) electrons. The number of nitrogens with one attached hydrogen (secondary N) is 4. The number of carbonyl (C=O) groups is 1. The molecule has 0 heterocycles. The highest BCUT2D eigenvalue weighted by atomic mass is 127. The Bertz CT molecular complexity index is 838. The van der Waals surface area contributed by atoms with Crippen molar-refractivity contribution in [3.8, 4) is 5.75 Å². The summed E-state index contributed by atoms with van der Waals surface area (Å²) in [5.41, 5.74) is 3.16. The maximum Gasteiger partial charge on any atom is 0.319 e. The predicted octanol–water partition coefficient (Wildman–Crippen LogP) is 4.70. The summed E-state index contributed by atoms with van der Waals surface area (Å²) < 4.78 is 5.22. The van der Waals surface area contributed by atoms with Gasteiger partial charge in [0.05, 0.1) is 7.11 Å². The molecule has 0 spiro atoms. The lowest BCUT2D eigenvalue weighted by atomic mass is 9.98. The summed E-state index contributed by atoms with van der Waals surface area (Å²) in [5.74, 6) is 2.08. The molecule has 7 nitrogen and oxygen atoms in total. The number of halogens is 1. The van der Waals surface area contributed by atoms with Crippen molar-refractivity contribution < 1.29 is 9.53 Å². The Labute approximate surface area is 208 Å². The third-order valence-electron chi connectivity index (χ3n) is 4.87. The van der Waals surface area contributed by atoms with E-state index in [0.717, 1.165) is 35.9 Å². The highest BCUT2D eigenvalue weighted by Gasteiger charge is 2.07. The number of urea groups is 1. The molecule has 0 aliphatic heterocycles. The van der Waals surface area contributed by atoms with Crippen LogP contribution in [0.5, 0.6) is 5.75 Å². The third-order valence-corrected chi connectivity index (χ3v) is 4.87. The minimum Gasteiger partial charge on any atom is -0.497 e. The van der Waals surface area contributed by atoms with Gasteiger partial charge in [-0.3, -0.25) is 4.99 Å². The van der Waals surface area contributed by atoms with Gasteiger partial charge in [-0.2, -0.15) is 0 Å². The fraction of sp³-hybridized carbons (Fsp3) is 0.417. The van der Waals surface area contributed by atoms with Crippen LogP contribution < -0.4 is 26.0 Å². The van der Waals surface area contributed by atoms with Gasteiger partial charge in [0, 0.05) is 31.9 Å². The lowest BCUT2D eigenvalue weighted by Gasteiger charge is -2.16. The zero-order valence-electron chi connectivity index (χ0n) is 19.6. The van der Waals surface area contributed by atoms with Gasteiger partial charge < -0.3 is 26.0 Å².